The Morgan fingerprint density at radius 2 is 1.92 bits per heavy atom. The van der Waals surface area contributed by atoms with Crippen molar-refractivity contribution in [1.82, 2.24) is 0 Å². The first-order valence-electron chi connectivity index (χ1n) is 5.32. The van der Waals surface area contributed by atoms with Crippen LogP contribution in [0.15, 0.2) is 12.1 Å². The average molecular weight is 174 g/mol. The maximum absolute atomic E-state index is 2.39. The molecule has 70 valence electrons. The van der Waals surface area contributed by atoms with Crippen LogP contribution in [0.2, 0.25) is 0 Å². The van der Waals surface area contributed by atoms with E-state index < -0.39 is 0 Å². The molecule has 1 aromatic rings. The predicted octanol–water partition coefficient (Wildman–Crippen LogP) is 3.74. The average Bonchev–Trinajstić information content (AvgIpc) is 2.85. The van der Waals surface area contributed by atoms with Crippen LogP contribution in [0.5, 0.6) is 0 Å². The molecule has 2 rings (SSSR count). The van der Waals surface area contributed by atoms with Gasteiger partial charge in [0.15, 0.2) is 0 Å². The number of benzene rings is 1. The van der Waals surface area contributed by atoms with E-state index in [9.17, 15) is 0 Å². The van der Waals surface area contributed by atoms with Crippen LogP contribution in [0.25, 0.3) is 0 Å². The lowest BCUT2D eigenvalue weighted by Gasteiger charge is -2.11. The summed E-state index contributed by atoms with van der Waals surface area (Å²) in [6.45, 7) is 6.72. The van der Waals surface area contributed by atoms with Crippen molar-refractivity contribution >= 4 is 0 Å². The van der Waals surface area contributed by atoms with E-state index in [4.69, 9.17) is 0 Å². The van der Waals surface area contributed by atoms with Crippen LogP contribution in [0, 0.1) is 13.8 Å². The lowest BCUT2D eigenvalue weighted by Crippen LogP contribution is -1.95. The molecule has 0 aliphatic heterocycles. The lowest BCUT2D eigenvalue weighted by molar-refractivity contribution is 1.00. The monoisotopic (exact) mass is 174 g/mol. The maximum atomic E-state index is 2.39. The van der Waals surface area contributed by atoms with E-state index in [1.54, 1.807) is 11.1 Å². The molecule has 1 aliphatic carbocycles. The fourth-order valence-corrected chi connectivity index (χ4v) is 2.27. The third kappa shape index (κ3) is 1.63. The summed E-state index contributed by atoms with van der Waals surface area (Å²) in [6, 6.07) is 4.70. The van der Waals surface area contributed by atoms with Crippen LogP contribution in [-0.4, -0.2) is 0 Å². The highest BCUT2D eigenvalue weighted by molar-refractivity contribution is 5.41. The Hall–Kier alpha value is -0.780. The lowest BCUT2D eigenvalue weighted by atomic mass is 9.94. The van der Waals surface area contributed by atoms with Crippen molar-refractivity contribution in [2.24, 2.45) is 0 Å². The molecule has 0 unspecified atom stereocenters. The zero-order valence-electron chi connectivity index (χ0n) is 8.85. The Balaban J connectivity index is 2.50. The smallest absolute Gasteiger partial charge is 0.0159 e. The van der Waals surface area contributed by atoms with Crippen molar-refractivity contribution in [3.05, 3.63) is 34.4 Å². The molecule has 0 bridgehead atoms. The van der Waals surface area contributed by atoms with Gasteiger partial charge in [0.2, 0.25) is 0 Å². The van der Waals surface area contributed by atoms with Crippen molar-refractivity contribution in [1.29, 1.82) is 0 Å². The van der Waals surface area contributed by atoms with Crippen molar-refractivity contribution in [3.63, 3.8) is 0 Å². The fraction of sp³-hybridized carbons (Fsp3) is 0.538. The Morgan fingerprint density at radius 1 is 1.23 bits per heavy atom. The van der Waals surface area contributed by atoms with E-state index in [2.05, 4.69) is 32.9 Å². The molecule has 0 heterocycles. The molecule has 1 saturated carbocycles. The highest BCUT2D eigenvalue weighted by Gasteiger charge is 2.26. The minimum absolute atomic E-state index is 0.897. The van der Waals surface area contributed by atoms with Crippen LogP contribution < -0.4 is 0 Å². The predicted molar refractivity (Wildman–Crippen MR) is 57.3 cm³/mol. The summed E-state index contributed by atoms with van der Waals surface area (Å²) >= 11 is 0. The molecular weight excluding hydrogens is 156 g/mol. The molecular formula is C13H18. The van der Waals surface area contributed by atoms with Crippen LogP contribution >= 0.6 is 0 Å². The fourth-order valence-electron chi connectivity index (χ4n) is 2.27. The third-order valence-electron chi connectivity index (χ3n) is 3.02. The Kier molecular flexibility index (Phi) is 2.15. The second kappa shape index (κ2) is 3.17. The van der Waals surface area contributed by atoms with Crippen LogP contribution in [0.1, 0.15) is 47.9 Å². The van der Waals surface area contributed by atoms with Gasteiger partial charge >= 0.3 is 0 Å². The Bertz CT molecular complexity index is 319. The largest absolute Gasteiger partial charge is 0.0613 e. The summed E-state index contributed by atoms with van der Waals surface area (Å²) in [5.74, 6) is 0.897. The summed E-state index contributed by atoms with van der Waals surface area (Å²) in [5.41, 5.74) is 6.16. The molecule has 1 aromatic carbocycles. The molecule has 0 saturated heterocycles. The molecule has 0 amide bonds. The van der Waals surface area contributed by atoms with Gasteiger partial charge in [-0.05, 0) is 55.7 Å². The number of hydrogen-bond donors (Lipinski definition) is 0. The summed E-state index contributed by atoms with van der Waals surface area (Å²) in [7, 11) is 0. The van der Waals surface area contributed by atoms with E-state index >= 15 is 0 Å². The van der Waals surface area contributed by atoms with E-state index in [1.165, 1.54) is 30.4 Å². The van der Waals surface area contributed by atoms with E-state index in [0.717, 1.165) is 5.92 Å². The number of aryl methyl sites for hydroxylation is 2. The van der Waals surface area contributed by atoms with E-state index in [1.807, 2.05) is 0 Å². The highest BCUT2D eigenvalue weighted by atomic mass is 14.3. The van der Waals surface area contributed by atoms with Crippen LogP contribution in [0.3, 0.4) is 0 Å². The summed E-state index contributed by atoms with van der Waals surface area (Å²) < 4.78 is 0. The van der Waals surface area contributed by atoms with Crippen molar-refractivity contribution in [3.8, 4) is 0 Å². The van der Waals surface area contributed by atoms with Crippen molar-refractivity contribution in [2.45, 2.75) is 46.0 Å². The molecule has 0 heteroatoms. The highest BCUT2D eigenvalue weighted by Crippen LogP contribution is 2.42. The molecule has 1 aliphatic rings. The minimum atomic E-state index is 0.897. The first kappa shape index (κ1) is 8.80. The van der Waals surface area contributed by atoms with Crippen molar-refractivity contribution in [2.75, 3.05) is 0 Å². The second-order valence-electron chi connectivity index (χ2n) is 4.28. The van der Waals surface area contributed by atoms with Gasteiger partial charge in [-0.25, -0.2) is 0 Å². The number of rotatable bonds is 2. The van der Waals surface area contributed by atoms with E-state index in [-0.39, 0.29) is 0 Å². The second-order valence-corrected chi connectivity index (χ2v) is 4.28. The molecule has 0 N–H and O–H groups in total. The molecule has 0 atom stereocenters. The molecule has 0 aromatic heterocycles. The number of hydrogen-bond acceptors (Lipinski definition) is 0. The first-order chi connectivity index (χ1) is 6.22. The normalized spacial score (nSPS) is 16.2. The molecule has 0 nitrogen and oxygen atoms in total. The zero-order chi connectivity index (χ0) is 9.42. The quantitative estimate of drug-likeness (QED) is 0.640. The zero-order valence-corrected chi connectivity index (χ0v) is 8.85. The van der Waals surface area contributed by atoms with Gasteiger partial charge in [0, 0.05) is 0 Å². The summed E-state index contributed by atoms with van der Waals surface area (Å²) in [5, 5.41) is 0. The van der Waals surface area contributed by atoms with Gasteiger partial charge < -0.3 is 0 Å². The molecule has 1 fully saturated rings. The van der Waals surface area contributed by atoms with Crippen LogP contribution in [-0.2, 0) is 6.42 Å². The van der Waals surface area contributed by atoms with Gasteiger partial charge in [-0.1, -0.05) is 24.6 Å². The maximum Gasteiger partial charge on any atom is -0.0159 e. The molecule has 0 spiro atoms. The molecule has 13 heavy (non-hydrogen) atoms. The van der Waals surface area contributed by atoms with Gasteiger partial charge in [-0.15, -0.1) is 0 Å². The van der Waals surface area contributed by atoms with Crippen LogP contribution in [0.4, 0.5) is 0 Å². The SMILES string of the molecule is CCc1c(C)cc(C)cc1C1CC1. The Labute approximate surface area is 81.0 Å². The van der Waals surface area contributed by atoms with Gasteiger partial charge in [0.1, 0.15) is 0 Å². The third-order valence-corrected chi connectivity index (χ3v) is 3.02. The standard InChI is InChI=1S/C13H18/c1-4-12-10(3)7-9(2)8-13(12)11-5-6-11/h7-8,11H,4-6H2,1-3H3. The van der Waals surface area contributed by atoms with Gasteiger partial charge in [0.05, 0.1) is 0 Å². The summed E-state index contributed by atoms with van der Waals surface area (Å²) in [6.07, 6.45) is 4.02. The van der Waals surface area contributed by atoms with Gasteiger partial charge in [0.25, 0.3) is 0 Å². The molecule has 0 radical (unpaired) electrons. The topological polar surface area (TPSA) is 0 Å². The van der Waals surface area contributed by atoms with Gasteiger partial charge in [-0.2, -0.15) is 0 Å². The van der Waals surface area contributed by atoms with Crippen molar-refractivity contribution < 1.29 is 0 Å². The van der Waals surface area contributed by atoms with Gasteiger partial charge in [-0.3, -0.25) is 0 Å². The summed E-state index contributed by atoms with van der Waals surface area (Å²) in [4.78, 5) is 0. The van der Waals surface area contributed by atoms with E-state index in [0.29, 0.717) is 0 Å². The first-order valence-corrected chi connectivity index (χ1v) is 5.32. The minimum Gasteiger partial charge on any atom is -0.0613 e. The Morgan fingerprint density at radius 3 is 2.46 bits per heavy atom.